The van der Waals surface area contributed by atoms with E-state index in [1.54, 1.807) is 6.92 Å². The number of allylic oxidation sites excluding steroid dienone is 1. The SMILES string of the molecule is C=C(C)/N=C(/N)N=C(N)N. The van der Waals surface area contributed by atoms with Crippen molar-refractivity contribution in [3.63, 3.8) is 0 Å². The van der Waals surface area contributed by atoms with Gasteiger partial charge in [-0.25, -0.2) is 4.99 Å². The van der Waals surface area contributed by atoms with Gasteiger partial charge in [0.25, 0.3) is 0 Å². The summed E-state index contributed by atoms with van der Waals surface area (Å²) in [5.74, 6) is -0.0880. The normalized spacial score (nSPS) is 10.7. The molecular weight excluding hydrogens is 130 g/mol. The summed E-state index contributed by atoms with van der Waals surface area (Å²) in [7, 11) is 0. The molecule has 56 valence electrons. The third kappa shape index (κ3) is 4.63. The number of aliphatic imine (C=N–C) groups is 2. The largest absolute Gasteiger partial charge is 0.370 e. The van der Waals surface area contributed by atoms with E-state index >= 15 is 0 Å². The van der Waals surface area contributed by atoms with Gasteiger partial charge in [-0.1, -0.05) is 6.58 Å². The molecule has 0 radical (unpaired) electrons. The molecule has 0 heterocycles. The van der Waals surface area contributed by atoms with Gasteiger partial charge in [-0.05, 0) is 6.92 Å². The highest BCUT2D eigenvalue weighted by Crippen LogP contribution is 1.87. The van der Waals surface area contributed by atoms with Gasteiger partial charge in [0, 0.05) is 5.70 Å². The van der Waals surface area contributed by atoms with Crippen molar-refractivity contribution in [2.75, 3.05) is 0 Å². The Balaban J connectivity index is 4.22. The van der Waals surface area contributed by atoms with Crippen LogP contribution in [0.1, 0.15) is 6.92 Å². The molecule has 0 spiro atoms. The Bertz CT molecular complexity index is 186. The molecule has 0 saturated carbocycles. The summed E-state index contributed by atoms with van der Waals surface area (Å²) >= 11 is 0. The highest BCUT2D eigenvalue weighted by molar-refractivity contribution is 5.92. The molecule has 0 rings (SSSR count). The molecule has 0 aliphatic rings. The third-order valence-corrected chi connectivity index (χ3v) is 0.549. The molecule has 5 heteroatoms. The topological polar surface area (TPSA) is 103 Å². The number of nitrogens with two attached hydrogens (primary N) is 3. The van der Waals surface area contributed by atoms with Crippen molar-refractivity contribution >= 4 is 11.9 Å². The van der Waals surface area contributed by atoms with Crippen LogP contribution in [0, 0.1) is 0 Å². The van der Waals surface area contributed by atoms with Crippen molar-refractivity contribution in [3.05, 3.63) is 12.3 Å². The van der Waals surface area contributed by atoms with Crippen molar-refractivity contribution in [2.24, 2.45) is 27.2 Å². The van der Waals surface area contributed by atoms with Gasteiger partial charge >= 0.3 is 0 Å². The van der Waals surface area contributed by atoms with E-state index in [-0.39, 0.29) is 11.9 Å². The van der Waals surface area contributed by atoms with Gasteiger partial charge in [-0.2, -0.15) is 4.99 Å². The second-order valence-electron chi connectivity index (χ2n) is 1.74. The predicted octanol–water partition coefficient (Wildman–Crippen LogP) is -0.892. The second kappa shape index (κ2) is 3.49. The molecule has 0 aliphatic carbocycles. The maximum atomic E-state index is 5.22. The Morgan fingerprint density at radius 3 is 2.00 bits per heavy atom. The predicted molar refractivity (Wildman–Crippen MR) is 42.2 cm³/mol. The monoisotopic (exact) mass is 141 g/mol. The second-order valence-corrected chi connectivity index (χ2v) is 1.74. The van der Waals surface area contributed by atoms with E-state index in [4.69, 9.17) is 17.2 Å². The molecule has 0 aliphatic heterocycles. The van der Waals surface area contributed by atoms with Crippen molar-refractivity contribution < 1.29 is 0 Å². The van der Waals surface area contributed by atoms with E-state index in [2.05, 4.69) is 16.6 Å². The van der Waals surface area contributed by atoms with Crippen LogP contribution in [-0.2, 0) is 0 Å². The average molecular weight is 141 g/mol. The van der Waals surface area contributed by atoms with Crippen molar-refractivity contribution in [2.45, 2.75) is 6.92 Å². The van der Waals surface area contributed by atoms with E-state index in [9.17, 15) is 0 Å². The van der Waals surface area contributed by atoms with Crippen molar-refractivity contribution in [1.29, 1.82) is 0 Å². The van der Waals surface area contributed by atoms with Crippen LogP contribution >= 0.6 is 0 Å². The smallest absolute Gasteiger partial charge is 0.223 e. The maximum Gasteiger partial charge on any atom is 0.223 e. The molecule has 0 atom stereocenters. The number of hydrogen-bond acceptors (Lipinski definition) is 1. The van der Waals surface area contributed by atoms with Gasteiger partial charge in [0.2, 0.25) is 5.96 Å². The Morgan fingerprint density at radius 1 is 1.20 bits per heavy atom. The van der Waals surface area contributed by atoms with Crippen LogP contribution in [0.15, 0.2) is 22.3 Å². The van der Waals surface area contributed by atoms with Crippen LogP contribution in [0.5, 0.6) is 0 Å². The number of guanidine groups is 2. The first-order chi connectivity index (χ1) is 4.52. The lowest BCUT2D eigenvalue weighted by Gasteiger charge is -1.91. The minimum Gasteiger partial charge on any atom is -0.370 e. The lowest BCUT2D eigenvalue weighted by atomic mass is 10.6. The van der Waals surface area contributed by atoms with E-state index in [1.807, 2.05) is 0 Å². The van der Waals surface area contributed by atoms with E-state index in [1.165, 1.54) is 0 Å². The first kappa shape index (κ1) is 8.48. The Hall–Kier alpha value is -1.52. The van der Waals surface area contributed by atoms with Crippen LogP contribution in [0.25, 0.3) is 0 Å². The fraction of sp³-hybridized carbons (Fsp3) is 0.200. The first-order valence-electron chi connectivity index (χ1n) is 2.61. The summed E-state index contributed by atoms with van der Waals surface area (Å²) in [6.07, 6.45) is 0. The lowest BCUT2D eigenvalue weighted by Crippen LogP contribution is -2.26. The molecule has 0 aromatic carbocycles. The molecule has 0 saturated heterocycles. The molecule has 0 bridgehead atoms. The van der Waals surface area contributed by atoms with E-state index in [0.717, 1.165) is 0 Å². The summed E-state index contributed by atoms with van der Waals surface area (Å²) in [5, 5.41) is 0. The molecule has 0 unspecified atom stereocenters. The first-order valence-corrected chi connectivity index (χ1v) is 2.61. The molecule has 6 N–H and O–H groups in total. The zero-order valence-corrected chi connectivity index (χ0v) is 5.83. The molecule has 0 aromatic rings. The fourth-order valence-electron chi connectivity index (χ4n) is 0.353. The van der Waals surface area contributed by atoms with Gasteiger partial charge in [-0.3, -0.25) is 0 Å². The van der Waals surface area contributed by atoms with Gasteiger partial charge in [0.1, 0.15) is 0 Å². The Kier molecular flexibility index (Phi) is 2.96. The Morgan fingerprint density at radius 2 is 1.70 bits per heavy atom. The zero-order valence-electron chi connectivity index (χ0n) is 5.83. The lowest BCUT2D eigenvalue weighted by molar-refractivity contribution is 1.28. The van der Waals surface area contributed by atoms with Crippen LogP contribution in [0.2, 0.25) is 0 Å². The zero-order chi connectivity index (χ0) is 8.15. The number of hydrogen-bond donors (Lipinski definition) is 3. The van der Waals surface area contributed by atoms with E-state index < -0.39 is 0 Å². The Labute approximate surface area is 59.3 Å². The summed E-state index contributed by atoms with van der Waals surface area (Å²) in [4.78, 5) is 7.13. The standard InChI is InChI=1S/C5H11N5/c1-3(2)9-5(8)10-4(6)7/h1H2,2H3,(H6,6,7,8,9,10). The molecule has 0 fully saturated rings. The quantitative estimate of drug-likeness (QED) is 0.326. The summed E-state index contributed by atoms with van der Waals surface area (Å²) < 4.78 is 0. The van der Waals surface area contributed by atoms with Gasteiger partial charge in [-0.15, -0.1) is 0 Å². The molecule has 10 heavy (non-hydrogen) atoms. The highest BCUT2D eigenvalue weighted by atomic mass is 15.1. The fourth-order valence-corrected chi connectivity index (χ4v) is 0.353. The third-order valence-electron chi connectivity index (χ3n) is 0.549. The minimum absolute atomic E-state index is 0.0208. The van der Waals surface area contributed by atoms with Crippen LogP contribution in [0.4, 0.5) is 0 Å². The van der Waals surface area contributed by atoms with Gasteiger partial charge < -0.3 is 17.2 Å². The van der Waals surface area contributed by atoms with Gasteiger partial charge in [0.15, 0.2) is 5.96 Å². The number of rotatable bonds is 1. The summed E-state index contributed by atoms with van der Waals surface area (Å²) in [6, 6.07) is 0. The van der Waals surface area contributed by atoms with Crippen molar-refractivity contribution in [3.8, 4) is 0 Å². The van der Waals surface area contributed by atoms with Crippen LogP contribution in [0.3, 0.4) is 0 Å². The van der Waals surface area contributed by atoms with Crippen LogP contribution < -0.4 is 17.2 Å². The average Bonchev–Trinajstić information content (AvgIpc) is 1.58. The summed E-state index contributed by atoms with van der Waals surface area (Å²) in [5.41, 5.74) is 15.8. The van der Waals surface area contributed by atoms with Crippen LogP contribution in [-0.4, -0.2) is 11.9 Å². The molecule has 0 aromatic heterocycles. The minimum atomic E-state index is -0.109. The molecule has 0 amide bonds. The van der Waals surface area contributed by atoms with E-state index in [0.29, 0.717) is 5.70 Å². The summed E-state index contributed by atoms with van der Waals surface area (Å²) in [6.45, 7) is 5.17. The maximum absolute atomic E-state index is 5.22. The van der Waals surface area contributed by atoms with Crippen molar-refractivity contribution in [1.82, 2.24) is 0 Å². The van der Waals surface area contributed by atoms with Gasteiger partial charge in [0.05, 0.1) is 0 Å². The molecular formula is C5H11N5. The number of nitrogens with zero attached hydrogens (tertiary/aromatic N) is 2. The molecule has 5 nitrogen and oxygen atoms in total. The highest BCUT2D eigenvalue weighted by Gasteiger charge is 1.86.